The molecule has 2 nitrogen and oxygen atoms in total. The van der Waals surface area contributed by atoms with Crippen molar-refractivity contribution in [1.82, 2.24) is 4.57 Å². The van der Waals surface area contributed by atoms with Gasteiger partial charge in [0.1, 0.15) is 5.15 Å². The molecule has 3 aromatic rings. The SMILES string of the molecule is O=Cc1c(Cl)n(Cc2cccc(Cl)c2)c2ccccc12. The third-order valence-electron chi connectivity index (χ3n) is 3.29. The van der Waals surface area contributed by atoms with E-state index in [0.29, 0.717) is 22.3 Å². The second kappa shape index (κ2) is 5.31. The molecule has 0 saturated heterocycles. The second-order valence-electron chi connectivity index (χ2n) is 4.56. The van der Waals surface area contributed by atoms with Crippen LogP contribution in [0.15, 0.2) is 48.5 Å². The molecular weight excluding hydrogens is 293 g/mol. The topological polar surface area (TPSA) is 22.0 Å². The van der Waals surface area contributed by atoms with Crippen LogP contribution >= 0.6 is 23.2 Å². The molecule has 2 aromatic carbocycles. The molecular formula is C16H11Cl2NO. The zero-order valence-electron chi connectivity index (χ0n) is 10.5. The Labute approximate surface area is 126 Å². The van der Waals surface area contributed by atoms with E-state index in [1.54, 1.807) is 0 Å². The van der Waals surface area contributed by atoms with Crippen LogP contribution in [0, 0.1) is 0 Å². The molecule has 0 radical (unpaired) electrons. The number of hydrogen-bond acceptors (Lipinski definition) is 1. The lowest BCUT2D eigenvalue weighted by atomic mass is 10.2. The van der Waals surface area contributed by atoms with Crippen LogP contribution in [0.2, 0.25) is 10.2 Å². The number of aldehydes is 1. The van der Waals surface area contributed by atoms with E-state index in [9.17, 15) is 4.79 Å². The fourth-order valence-electron chi connectivity index (χ4n) is 2.38. The van der Waals surface area contributed by atoms with Gasteiger partial charge in [-0.05, 0) is 23.8 Å². The van der Waals surface area contributed by atoms with Crippen molar-refractivity contribution in [3.05, 3.63) is 69.8 Å². The minimum Gasteiger partial charge on any atom is -0.327 e. The predicted octanol–water partition coefficient (Wildman–Crippen LogP) is 4.81. The summed E-state index contributed by atoms with van der Waals surface area (Å²) in [6.07, 6.45) is 0.805. The van der Waals surface area contributed by atoms with Gasteiger partial charge in [-0.1, -0.05) is 53.5 Å². The van der Waals surface area contributed by atoms with E-state index in [2.05, 4.69) is 0 Å². The molecule has 0 aliphatic heterocycles. The highest BCUT2D eigenvalue weighted by Crippen LogP contribution is 2.29. The number of nitrogens with zero attached hydrogens (tertiary/aromatic N) is 1. The van der Waals surface area contributed by atoms with Crippen molar-refractivity contribution >= 4 is 40.4 Å². The largest absolute Gasteiger partial charge is 0.327 e. The van der Waals surface area contributed by atoms with Crippen LogP contribution in [0.5, 0.6) is 0 Å². The second-order valence-corrected chi connectivity index (χ2v) is 5.35. The van der Waals surface area contributed by atoms with Gasteiger partial charge in [0.15, 0.2) is 6.29 Å². The van der Waals surface area contributed by atoms with Crippen LogP contribution in [0.3, 0.4) is 0 Å². The summed E-state index contributed by atoms with van der Waals surface area (Å²) in [5, 5.41) is 2.02. The van der Waals surface area contributed by atoms with Crippen molar-refractivity contribution in [3.8, 4) is 0 Å². The number of aromatic nitrogens is 1. The van der Waals surface area contributed by atoms with Gasteiger partial charge in [-0.25, -0.2) is 0 Å². The average molecular weight is 304 g/mol. The van der Waals surface area contributed by atoms with Gasteiger partial charge < -0.3 is 4.57 Å². The summed E-state index contributed by atoms with van der Waals surface area (Å²) < 4.78 is 1.92. The maximum absolute atomic E-state index is 11.2. The van der Waals surface area contributed by atoms with Gasteiger partial charge in [0.05, 0.1) is 11.1 Å². The highest BCUT2D eigenvalue weighted by atomic mass is 35.5. The Balaban J connectivity index is 2.16. The van der Waals surface area contributed by atoms with E-state index < -0.39 is 0 Å². The maximum Gasteiger partial charge on any atom is 0.153 e. The molecule has 0 atom stereocenters. The van der Waals surface area contributed by atoms with E-state index in [0.717, 1.165) is 22.8 Å². The van der Waals surface area contributed by atoms with E-state index in [1.807, 2.05) is 53.1 Å². The Morgan fingerprint density at radius 2 is 1.85 bits per heavy atom. The van der Waals surface area contributed by atoms with Gasteiger partial charge in [0.25, 0.3) is 0 Å². The molecule has 100 valence electrons. The van der Waals surface area contributed by atoms with E-state index >= 15 is 0 Å². The minimum atomic E-state index is 0.459. The molecule has 0 aliphatic rings. The van der Waals surface area contributed by atoms with Crippen molar-refractivity contribution in [2.75, 3.05) is 0 Å². The molecule has 20 heavy (non-hydrogen) atoms. The van der Waals surface area contributed by atoms with Crippen LogP contribution in [-0.4, -0.2) is 10.9 Å². The number of benzene rings is 2. The molecule has 1 aromatic heterocycles. The fourth-order valence-corrected chi connectivity index (χ4v) is 2.89. The van der Waals surface area contributed by atoms with Gasteiger partial charge in [-0.2, -0.15) is 0 Å². The molecule has 1 heterocycles. The molecule has 0 bridgehead atoms. The van der Waals surface area contributed by atoms with Gasteiger partial charge in [-0.15, -0.1) is 0 Å². The first-order valence-corrected chi connectivity index (χ1v) is 6.92. The summed E-state index contributed by atoms with van der Waals surface area (Å²) in [6.45, 7) is 0.577. The monoisotopic (exact) mass is 303 g/mol. The van der Waals surface area contributed by atoms with Crippen molar-refractivity contribution in [3.63, 3.8) is 0 Å². The number of carbonyl (C=O) groups excluding carboxylic acids is 1. The molecule has 0 N–H and O–H groups in total. The van der Waals surface area contributed by atoms with Crippen molar-refractivity contribution in [2.24, 2.45) is 0 Å². The van der Waals surface area contributed by atoms with E-state index in [4.69, 9.17) is 23.2 Å². The third kappa shape index (κ3) is 2.21. The number of fused-ring (bicyclic) bond motifs is 1. The summed E-state index contributed by atoms with van der Waals surface area (Å²) in [5.41, 5.74) is 2.52. The van der Waals surface area contributed by atoms with E-state index in [1.165, 1.54) is 0 Å². The number of halogens is 2. The minimum absolute atomic E-state index is 0.459. The number of carbonyl (C=O) groups is 1. The third-order valence-corrected chi connectivity index (χ3v) is 3.93. The standard InChI is InChI=1S/C16H11Cl2NO/c17-12-5-3-4-11(8-12)9-19-15-7-2-1-6-13(15)14(10-20)16(19)18/h1-8,10H,9H2. The molecule has 0 aliphatic carbocycles. The lowest BCUT2D eigenvalue weighted by molar-refractivity contribution is 0.112. The molecule has 0 amide bonds. The molecule has 4 heteroatoms. The van der Waals surface area contributed by atoms with Gasteiger partial charge >= 0.3 is 0 Å². The van der Waals surface area contributed by atoms with Crippen molar-refractivity contribution < 1.29 is 4.79 Å². The molecule has 0 fully saturated rings. The molecule has 0 unspecified atom stereocenters. The highest BCUT2D eigenvalue weighted by Gasteiger charge is 2.14. The summed E-state index contributed by atoms with van der Waals surface area (Å²) >= 11 is 12.3. The fraction of sp³-hybridized carbons (Fsp3) is 0.0625. The highest BCUT2D eigenvalue weighted by molar-refractivity contribution is 6.34. The van der Waals surface area contributed by atoms with Gasteiger partial charge in [-0.3, -0.25) is 4.79 Å². The first-order valence-electron chi connectivity index (χ1n) is 6.17. The maximum atomic E-state index is 11.2. The first-order chi connectivity index (χ1) is 9.70. The quantitative estimate of drug-likeness (QED) is 0.636. The molecule has 3 rings (SSSR count). The summed E-state index contributed by atoms with van der Waals surface area (Å²) in [5.74, 6) is 0. The van der Waals surface area contributed by atoms with Crippen LogP contribution < -0.4 is 0 Å². The number of para-hydroxylation sites is 1. The Morgan fingerprint density at radius 3 is 2.60 bits per heavy atom. The first kappa shape index (κ1) is 13.2. The zero-order chi connectivity index (χ0) is 14.1. The summed E-state index contributed by atoms with van der Waals surface area (Å²) in [7, 11) is 0. The average Bonchev–Trinajstić information content (AvgIpc) is 2.72. The van der Waals surface area contributed by atoms with Crippen LogP contribution in [0.1, 0.15) is 15.9 Å². The van der Waals surface area contributed by atoms with E-state index in [-0.39, 0.29) is 0 Å². The lowest BCUT2D eigenvalue weighted by Crippen LogP contribution is -1.99. The van der Waals surface area contributed by atoms with Crippen LogP contribution in [0.4, 0.5) is 0 Å². The molecule has 0 saturated carbocycles. The normalized spacial score (nSPS) is 10.9. The lowest BCUT2D eigenvalue weighted by Gasteiger charge is -2.07. The van der Waals surface area contributed by atoms with Gasteiger partial charge in [0, 0.05) is 17.0 Å². The number of hydrogen-bond donors (Lipinski definition) is 0. The Morgan fingerprint density at radius 1 is 1.05 bits per heavy atom. The van der Waals surface area contributed by atoms with Crippen molar-refractivity contribution in [2.45, 2.75) is 6.54 Å². The zero-order valence-corrected chi connectivity index (χ0v) is 12.0. The Bertz CT molecular complexity index is 792. The summed E-state index contributed by atoms with van der Waals surface area (Å²) in [4.78, 5) is 11.2. The van der Waals surface area contributed by atoms with Gasteiger partial charge in [0.2, 0.25) is 0 Å². The predicted molar refractivity (Wildman–Crippen MR) is 82.9 cm³/mol. The van der Waals surface area contributed by atoms with Crippen molar-refractivity contribution in [1.29, 1.82) is 0 Å². The number of rotatable bonds is 3. The Kier molecular flexibility index (Phi) is 3.51. The Hall–Kier alpha value is -1.77. The van der Waals surface area contributed by atoms with Crippen LogP contribution in [-0.2, 0) is 6.54 Å². The smallest absolute Gasteiger partial charge is 0.153 e. The van der Waals surface area contributed by atoms with Crippen LogP contribution in [0.25, 0.3) is 10.9 Å². The summed E-state index contributed by atoms with van der Waals surface area (Å²) in [6, 6.07) is 15.3. The molecule has 0 spiro atoms.